The van der Waals surface area contributed by atoms with Gasteiger partial charge in [0.25, 0.3) is 5.56 Å². The molecule has 4 heterocycles. The Balaban J connectivity index is 1.74. The van der Waals surface area contributed by atoms with Crippen molar-refractivity contribution in [2.75, 3.05) is 5.32 Å². The Hall–Kier alpha value is -2.91. The molecular weight excluding hydrogens is 324 g/mol. The van der Waals surface area contributed by atoms with Gasteiger partial charge in [-0.15, -0.1) is 10.2 Å². The highest BCUT2D eigenvalue weighted by Gasteiger charge is 2.22. The Morgan fingerprint density at radius 3 is 2.76 bits per heavy atom. The van der Waals surface area contributed by atoms with Crippen LogP contribution in [-0.2, 0) is 27.1 Å². The summed E-state index contributed by atoms with van der Waals surface area (Å²) in [7, 11) is 3.32. The summed E-state index contributed by atoms with van der Waals surface area (Å²) in [5.74, 6) is 2.37. The molecule has 10 nitrogen and oxygen atoms in total. The second-order valence-corrected chi connectivity index (χ2v) is 6.43. The van der Waals surface area contributed by atoms with Gasteiger partial charge in [0.1, 0.15) is 5.82 Å². The van der Waals surface area contributed by atoms with Gasteiger partial charge in [-0.25, -0.2) is 4.79 Å². The molecule has 0 aliphatic carbocycles. The first-order chi connectivity index (χ1) is 12.0. The summed E-state index contributed by atoms with van der Waals surface area (Å²) in [5.41, 5.74) is -0.246. The molecule has 0 bridgehead atoms. The number of aryl methyl sites for hydroxylation is 3. The lowest BCUT2D eigenvalue weighted by molar-refractivity contribution is 0.500. The maximum atomic E-state index is 12.1. The molecule has 132 valence electrons. The molecule has 4 rings (SSSR count). The summed E-state index contributed by atoms with van der Waals surface area (Å²) >= 11 is 0. The van der Waals surface area contributed by atoms with Crippen molar-refractivity contribution in [2.24, 2.45) is 14.1 Å². The van der Waals surface area contributed by atoms with Crippen LogP contribution in [0.5, 0.6) is 0 Å². The minimum absolute atomic E-state index is 0.133. The van der Waals surface area contributed by atoms with Crippen LogP contribution >= 0.6 is 0 Å². The minimum Gasteiger partial charge on any atom is -0.346 e. The fourth-order valence-electron chi connectivity index (χ4n) is 3.35. The predicted molar refractivity (Wildman–Crippen MR) is 91.6 cm³/mol. The van der Waals surface area contributed by atoms with Crippen molar-refractivity contribution in [3.63, 3.8) is 0 Å². The molecule has 0 fully saturated rings. The van der Waals surface area contributed by atoms with E-state index in [0.29, 0.717) is 17.1 Å². The topological polar surface area (TPSA) is 115 Å². The predicted octanol–water partition coefficient (Wildman–Crippen LogP) is 0.0612. The fraction of sp³-hybridized carbons (Fsp3) is 0.533. The van der Waals surface area contributed by atoms with Crippen molar-refractivity contribution < 1.29 is 0 Å². The molecule has 0 spiro atoms. The van der Waals surface area contributed by atoms with E-state index in [0.717, 1.165) is 37.5 Å². The molecule has 1 aliphatic rings. The van der Waals surface area contributed by atoms with Gasteiger partial charge in [-0.3, -0.25) is 14.3 Å². The van der Waals surface area contributed by atoms with E-state index in [1.165, 1.54) is 4.57 Å². The first-order valence-electron chi connectivity index (χ1n) is 8.31. The summed E-state index contributed by atoms with van der Waals surface area (Å²) in [4.78, 5) is 30.6. The average molecular weight is 344 g/mol. The molecule has 0 amide bonds. The first kappa shape index (κ1) is 15.6. The van der Waals surface area contributed by atoms with E-state index < -0.39 is 11.2 Å². The van der Waals surface area contributed by atoms with Crippen LogP contribution < -0.4 is 16.6 Å². The van der Waals surface area contributed by atoms with E-state index in [9.17, 15) is 9.59 Å². The third kappa shape index (κ3) is 2.36. The Kier molecular flexibility index (Phi) is 3.48. The molecule has 0 saturated heterocycles. The fourth-order valence-corrected chi connectivity index (χ4v) is 3.35. The maximum absolute atomic E-state index is 12.1. The van der Waals surface area contributed by atoms with Crippen molar-refractivity contribution in [1.29, 1.82) is 0 Å². The number of rotatable bonds is 3. The number of H-pyrrole nitrogens is 1. The minimum atomic E-state index is -0.485. The van der Waals surface area contributed by atoms with Crippen molar-refractivity contribution in [3.8, 4) is 0 Å². The quantitative estimate of drug-likeness (QED) is 0.694. The van der Waals surface area contributed by atoms with E-state index in [1.54, 1.807) is 18.7 Å². The van der Waals surface area contributed by atoms with Gasteiger partial charge in [-0.2, -0.15) is 4.98 Å². The molecule has 3 aromatic heterocycles. The van der Waals surface area contributed by atoms with Crippen LogP contribution in [0, 0.1) is 0 Å². The highest BCUT2D eigenvalue weighted by atomic mass is 16.2. The van der Waals surface area contributed by atoms with Gasteiger partial charge in [0.2, 0.25) is 5.95 Å². The zero-order valence-corrected chi connectivity index (χ0v) is 14.4. The second-order valence-electron chi connectivity index (χ2n) is 6.43. The molecule has 3 aromatic rings. The van der Waals surface area contributed by atoms with E-state index in [4.69, 9.17) is 0 Å². The van der Waals surface area contributed by atoms with Crippen molar-refractivity contribution in [3.05, 3.63) is 32.5 Å². The molecule has 1 aliphatic heterocycles. The molecular formula is C15H20N8O2. The van der Waals surface area contributed by atoms with Gasteiger partial charge in [0, 0.05) is 27.1 Å². The Morgan fingerprint density at radius 1 is 1.16 bits per heavy atom. The number of imidazole rings is 1. The monoisotopic (exact) mass is 344 g/mol. The lowest BCUT2D eigenvalue weighted by Crippen LogP contribution is -2.29. The van der Waals surface area contributed by atoms with Gasteiger partial charge >= 0.3 is 5.69 Å². The molecule has 1 atom stereocenters. The number of hydrogen-bond acceptors (Lipinski definition) is 6. The van der Waals surface area contributed by atoms with E-state index in [1.807, 2.05) is 6.92 Å². The molecule has 0 saturated carbocycles. The van der Waals surface area contributed by atoms with Crippen molar-refractivity contribution in [2.45, 2.75) is 38.8 Å². The lowest BCUT2D eigenvalue weighted by Gasteiger charge is -2.19. The zero-order chi connectivity index (χ0) is 17.7. The molecule has 10 heteroatoms. The van der Waals surface area contributed by atoms with Crippen LogP contribution in [0.3, 0.4) is 0 Å². The largest absolute Gasteiger partial charge is 0.346 e. The summed E-state index contributed by atoms with van der Waals surface area (Å²) in [6.07, 6.45) is 3.21. The summed E-state index contributed by atoms with van der Waals surface area (Å²) in [6, 6.07) is -0.133. The SMILES string of the molecule is CC(Nc1nc2c(c(=O)[nH]c(=O)n2C)n1C)c1nnc2n1CCCC2. The van der Waals surface area contributed by atoms with E-state index >= 15 is 0 Å². The molecule has 2 N–H and O–H groups in total. The van der Waals surface area contributed by atoms with E-state index in [-0.39, 0.29) is 6.04 Å². The second kappa shape index (κ2) is 5.57. The third-order valence-electron chi connectivity index (χ3n) is 4.76. The molecule has 25 heavy (non-hydrogen) atoms. The van der Waals surface area contributed by atoms with Gasteiger partial charge in [-0.1, -0.05) is 0 Å². The maximum Gasteiger partial charge on any atom is 0.329 e. The smallest absolute Gasteiger partial charge is 0.329 e. The van der Waals surface area contributed by atoms with E-state index in [2.05, 4.69) is 30.0 Å². The summed E-state index contributed by atoms with van der Waals surface area (Å²) in [6.45, 7) is 2.90. The van der Waals surface area contributed by atoms with Crippen LogP contribution in [0.25, 0.3) is 11.2 Å². The van der Waals surface area contributed by atoms with Crippen molar-refractivity contribution >= 4 is 17.1 Å². The standard InChI is InChI=1S/C15H20N8O2/c1-8(11-20-19-9-6-4-5-7-23(9)11)16-14-17-12-10(21(14)2)13(24)18-15(25)22(12)3/h8H,4-7H2,1-3H3,(H,16,17)(H,18,24,25). The van der Waals surface area contributed by atoms with Gasteiger partial charge in [0.05, 0.1) is 6.04 Å². The average Bonchev–Trinajstić information content (AvgIpc) is 3.15. The third-order valence-corrected chi connectivity index (χ3v) is 4.76. The summed E-state index contributed by atoms with van der Waals surface area (Å²) < 4.78 is 5.12. The van der Waals surface area contributed by atoms with Crippen LogP contribution in [0.2, 0.25) is 0 Å². The molecule has 1 unspecified atom stereocenters. The van der Waals surface area contributed by atoms with Gasteiger partial charge in [0.15, 0.2) is 17.0 Å². The molecule has 0 radical (unpaired) electrons. The number of hydrogen-bond donors (Lipinski definition) is 2. The lowest BCUT2D eigenvalue weighted by atomic mass is 10.1. The highest BCUT2D eigenvalue weighted by Crippen LogP contribution is 2.22. The van der Waals surface area contributed by atoms with Crippen LogP contribution in [0.15, 0.2) is 9.59 Å². The number of aromatic amines is 1. The summed E-state index contributed by atoms with van der Waals surface area (Å²) in [5, 5.41) is 11.9. The molecule has 0 aromatic carbocycles. The number of anilines is 1. The Bertz CT molecular complexity index is 1070. The normalized spacial score (nSPS) is 15.3. The Morgan fingerprint density at radius 2 is 1.96 bits per heavy atom. The first-order valence-corrected chi connectivity index (χ1v) is 8.31. The van der Waals surface area contributed by atoms with Crippen LogP contribution in [0.1, 0.15) is 37.5 Å². The highest BCUT2D eigenvalue weighted by molar-refractivity contribution is 5.73. The number of aromatic nitrogens is 7. The Labute approximate surface area is 142 Å². The van der Waals surface area contributed by atoms with Crippen molar-refractivity contribution in [1.82, 2.24) is 33.9 Å². The number of nitrogens with one attached hydrogen (secondary N) is 2. The number of nitrogens with zero attached hydrogens (tertiary/aromatic N) is 6. The van der Waals surface area contributed by atoms with Crippen LogP contribution in [0.4, 0.5) is 5.95 Å². The zero-order valence-electron chi connectivity index (χ0n) is 14.4. The number of fused-ring (bicyclic) bond motifs is 2. The van der Waals surface area contributed by atoms with Gasteiger partial charge < -0.3 is 14.5 Å². The van der Waals surface area contributed by atoms with Gasteiger partial charge in [-0.05, 0) is 19.8 Å². The van der Waals surface area contributed by atoms with Crippen LogP contribution in [-0.4, -0.2) is 33.9 Å².